The Bertz CT molecular complexity index is 318. The molecule has 1 fully saturated rings. The number of hydrogen-bond donors (Lipinski definition) is 3. The molecule has 4 N–H and O–H groups in total. The molecule has 0 aromatic carbocycles. The van der Waals surface area contributed by atoms with E-state index in [9.17, 15) is 5.11 Å². The number of aliphatic hydroxyl groups is 1. The molecule has 1 heterocycles. The first kappa shape index (κ1) is 9.14. The van der Waals surface area contributed by atoms with Gasteiger partial charge in [0.05, 0.1) is 12.1 Å². The number of aromatic nitrogens is 3. The van der Waals surface area contributed by atoms with Crippen LogP contribution in [0.5, 0.6) is 0 Å². The summed E-state index contributed by atoms with van der Waals surface area (Å²) in [5.74, 6) is 0.624. The number of rotatable bonds is 2. The predicted octanol–water partition coefficient (Wildman–Crippen LogP) is -0.221. The summed E-state index contributed by atoms with van der Waals surface area (Å²) in [6.45, 7) is 0. The fraction of sp³-hybridized carbons (Fsp3) is 0.625. The molecule has 0 bridgehead atoms. The van der Waals surface area contributed by atoms with Crippen molar-refractivity contribution in [3.05, 3.63) is 6.33 Å². The van der Waals surface area contributed by atoms with Crippen LogP contribution in [0.3, 0.4) is 0 Å². The van der Waals surface area contributed by atoms with Gasteiger partial charge in [0, 0.05) is 0 Å². The Morgan fingerprint density at radius 1 is 1.43 bits per heavy atom. The molecule has 14 heavy (non-hydrogen) atoms. The molecule has 1 aromatic rings. The predicted molar refractivity (Wildman–Crippen MR) is 51.5 cm³/mol. The second-order valence-corrected chi connectivity index (χ2v) is 3.42. The van der Waals surface area contributed by atoms with Crippen LogP contribution < -0.4 is 11.1 Å². The normalized spacial score (nSPS) is 26.4. The summed E-state index contributed by atoms with van der Waals surface area (Å²) in [5, 5.41) is 12.6. The summed E-state index contributed by atoms with van der Waals surface area (Å²) in [7, 11) is 0. The highest BCUT2D eigenvalue weighted by Gasteiger charge is 2.25. The van der Waals surface area contributed by atoms with Crippen LogP contribution in [0.2, 0.25) is 0 Å². The van der Waals surface area contributed by atoms with Crippen LogP contribution in [0.25, 0.3) is 0 Å². The fourth-order valence-corrected chi connectivity index (χ4v) is 1.65. The van der Waals surface area contributed by atoms with Gasteiger partial charge in [0.1, 0.15) is 6.33 Å². The first-order valence-electron chi connectivity index (χ1n) is 4.65. The smallest absolute Gasteiger partial charge is 0.227 e. The first-order valence-corrected chi connectivity index (χ1v) is 4.65. The molecule has 0 aliphatic heterocycles. The molecule has 1 aromatic heterocycles. The van der Waals surface area contributed by atoms with E-state index >= 15 is 0 Å². The van der Waals surface area contributed by atoms with E-state index in [-0.39, 0.29) is 18.1 Å². The van der Waals surface area contributed by atoms with E-state index in [0.717, 1.165) is 19.3 Å². The Morgan fingerprint density at radius 2 is 2.29 bits per heavy atom. The van der Waals surface area contributed by atoms with Gasteiger partial charge in [0.25, 0.3) is 0 Å². The molecule has 6 nitrogen and oxygen atoms in total. The average Bonchev–Trinajstić information content (AvgIpc) is 2.52. The molecule has 2 rings (SSSR count). The van der Waals surface area contributed by atoms with Crippen molar-refractivity contribution in [3.63, 3.8) is 0 Å². The Hall–Kier alpha value is -1.43. The van der Waals surface area contributed by atoms with Gasteiger partial charge in [0.15, 0.2) is 0 Å². The van der Waals surface area contributed by atoms with Crippen LogP contribution in [-0.4, -0.2) is 32.2 Å². The van der Waals surface area contributed by atoms with Gasteiger partial charge in [-0.3, -0.25) is 0 Å². The summed E-state index contributed by atoms with van der Waals surface area (Å²) < 4.78 is 0. The molecule has 2 unspecified atom stereocenters. The maximum Gasteiger partial charge on any atom is 0.227 e. The van der Waals surface area contributed by atoms with Gasteiger partial charge in [-0.25, -0.2) is 9.97 Å². The third-order valence-corrected chi connectivity index (χ3v) is 2.38. The molecule has 1 aliphatic rings. The van der Waals surface area contributed by atoms with Crippen molar-refractivity contribution >= 4 is 11.9 Å². The summed E-state index contributed by atoms with van der Waals surface area (Å²) >= 11 is 0. The fourth-order valence-electron chi connectivity index (χ4n) is 1.65. The average molecular weight is 195 g/mol. The van der Waals surface area contributed by atoms with Gasteiger partial charge in [-0.1, -0.05) is 0 Å². The van der Waals surface area contributed by atoms with Gasteiger partial charge in [0.2, 0.25) is 11.9 Å². The molecule has 1 saturated carbocycles. The van der Waals surface area contributed by atoms with Gasteiger partial charge < -0.3 is 16.2 Å². The molecule has 0 amide bonds. The molecule has 0 saturated heterocycles. The zero-order chi connectivity index (χ0) is 9.97. The van der Waals surface area contributed by atoms with Gasteiger partial charge in [-0.2, -0.15) is 4.98 Å². The molecule has 6 heteroatoms. The van der Waals surface area contributed by atoms with Crippen molar-refractivity contribution in [2.24, 2.45) is 0 Å². The molecule has 2 atom stereocenters. The Morgan fingerprint density at radius 3 is 2.93 bits per heavy atom. The van der Waals surface area contributed by atoms with Gasteiger partial charge in [-0.05, 0) is 19.3 Å². The van der Waals surface area contributed by atoms with E-state index in [2.05, 4.69) is 20.3 Å². The van der Waals surface area contributed by atoms with E-state index in [1.165, 1.54) is 6.33 Å². The Balaban J connectivity index is 2.03. The summed E-state index contributed by atoms with van der Waals surface area (Å²) in [4.78, 5) is 11.5. The van der Waals surface area contributed by atoms with Crippen molar-refractivity contribution in [3.8, 4) is 0 Å². The van der Waals surface area contributed by atoms with E-state index in [4.69, 9.17) is 5.73 Å². The van der Waals surface area contributed by atoms with Crippen molar-refractivity contribution in [1.82, 2.24) is 15.0 Å². The van der Waals surface area contributed by atoms with Crippen LogP contribution >= 0.6 is 0 Å². The minimum absolute atomic E-state index is 0.0387. The minimum atomic E-state index is -0.312. The lowest BCUT2D eigenvalue weighted by Crippen LogP contribution is -2.29. The van der Waals surface area contributed by atoms with Crippen molar-refractivity contribution in [1.29, 1.82) is 0 Å². The number of nitrogens with one attached hydrogen (secondary N) is 1. The summed E-state index contributed by atoms with van der Waals surface area (Å²) in [6, 6.07) is 0.0387. The number of nitrogen functional groups attached to an aromatic ring is 1. The largest absolute Gasteiger partial charge is 0.391 e. The van der Waals surface area contributed by atoms with Gasteiger partial charge >= 0.3 is 0 Å². The quantitative estimate of drug-likeness (QED) is 0.603. The number of nitrogens with zero attached hydrogens (tertiary/aromatic N) is 3. The van der Waals surface area contributed by atoms with Crippen molar-refractivity contribution in [2.45, 2.75) is 31.4 Å². The lowest BCUT2D eigenvalue weighted by molar-refractivity contribution is 0.171. The van der Waals surface area contributed by atoms with Crippen LogP contribution in [0.1, 0.15) is 19.3 Å². The molecule has 0 spiro atoms. The van der Waals surface area contributed by atoms with E-state index < -0.39 is 0 Å². The van der Waals surface area contributed by atoms with Crippen LogP contribution in [0.4, 0.5) is 11.9 Å². The van der Waals surface area contributed by atoms with Crippen LogP contribution in [-0.2, 0) is 0 Å². The van der Waals surface area contributed by atoms with E-state index in [1.807, 2.05) is 0 Å². The highest BCUT2D eigenvalue weighted by atomic mass is 16.3. The molecule has 76 valence electrons. The third kappa shape index (κ3) is 1.90. The lowest BCUT2D eigenvalue weighted by atomic mass is 10.2. The second kappa shape index (κ2) is 3.75. The molecular weight excluding hydrogens is 182 g/mol. The van der Waals surface area contributed by atoms with Crippen LogP contribution in [0, 0.1) is 0 Å². The highest BCUT2D eigenvalue weighted by Crippen LogP contribution is 2.21. The summed E-state index contributed by atoms with van der Waals surface area (Å²) in [6.07, 6.45) is 3.84. The number of anilines is 2. The van der Waals surface area contributed by atoms with E-state index in [0.29, 0.717) is 5.95 Å². The zero-order valence-corrected chi connectivity index (χ0v) is 7.72. The van der Waals surface area contributed by atoms with E-state index in [1.54, 1.807) is 0 Å². The SMILES string of the molecule is Nc1ncnc(NC2CCCC2O)n1. The standard InChI is InChI=1S/C8H13N5O/c9-7-10-4-11-8(13-7)12-5-2-1-3-6(5)14/h4-6,14H,1-3H2,(H3,9,10,11,12,13). The zero-order valence-electron chi connectivity index (χ0n) is 7.72. The van der Waals surface area contributed by atoms with Crippen molar-refractivity contribution in [2.75, 3.05) is 11.1 Å². The Kier molecular flexibility index (Phi) is 2.45. The molecule has 0 radical (unpaired) electrons. The number of hydrogen-bond acceptors (Lipinski definition) is 6. The molecular formula is C8H13N5O. The molecule has 1 aliphatic carbocycles. The Labute approximate surface area is 81.6 Å². The second-order valence-electron chi connectivity index (χ2n) is 3.42. The maximum atomic E-state index is 9.55. The topological polar surface area (TPSA) is 97.0 Å². The van der Waals surface area contributed by atoms with Gasteiger partial charge in [-0.15, -0.1) is 0 Å². The van der Waals surface area contributed by atoms with Crippen LogP contribution in [0.15, 0.2) is 6.33 Å². The highest BCUT2D eigenvalue weighted by molar-refractivity contribution is 5.30. The first-order chi connectivity index (χ1) is 6.75. The lowest BCUT2D eigenvalue weighted by Gasteiger charge is -2.15. The number of aliphatic hydroxyl groups excluding tert-OH is 1. The van der Waals surface area contributed by atoms with Crippen molar-refractivity contribution < 1.29 is 5.11 Å². The summed E-state index contributed by atoms with van der Waals surface area (Å²) in [5.41, 5.74) is 5.40. The third-order valence-electron chi connectivity index (χ3n) is 2.38. The number of nitrogens with two attached hydrogens (primary N) is 1. The monoisotopic (exact) mass is 195 g/mol. The maximum absolute atomic E-state index is 9.55. The minimum Gasteiger partial charge on any atom is -0.391 e.